The van der Waals surface area contributed by atoms with E-state index in [1.807, 2.05) is 25.1 Å². The van der Waals surface area contributed by atoms with E-state index in [0.29, 0.717) is 30.0 Å². The maximum atomic E-state index is 9.92. The quantitative estimate of drug-likeness (QED) is 0.636. The van der Waals surface area contributed by atoms with E-state index < -0.39 is 0 Å². The summed E-state index contributed by atoms with van der Waals surface area (Å²) >= 11 is 0. The Kier molecular flexibility index (Phi) is 5.74. The molecule has 0 aromatic heterocycles. The molecular formula is C18H20N2O3. The Balaban J connectivity index is 1.90. The largest absolute Gasteiger partial charge is 0.507 e. The first-order valence-electron chi connectivity index (χ1n) is 7.27. The molecule has 5 nitrogen and oxygen atoms in total. The highest BCUT2D eigenvalue weighted by Crippen LogP contribution is 2.27. The summed E-state index contributed by atoms with van der Waals surface area (Å²) < 4.78 is 5.04. The first kappa shape index (κ1) is 16.5. The van der Waals surface area contributed by atoms with Gasteiger partial charge in [-0.3, -0.25) is 9.98 Å². The summed E-state index contributed by atoms with van der Waals surface area (Å²) in [6.45, 7) is 2.83. The highest BCUT2D eigenvalue weighted by Gasteiger charge is 2.04. The molecule has 2 aromatic rings. The number of aromatic hydroxyl groups is 2. The van der Waals surface area contributed by atoms with E-state index in [0.717, 1.165) is 5.56 Å². The van der Waals surface area contributed by atoms with E-state index in [2.05, 4.69) is 9.98 Å². The van der Waals surface area contributed by atoms with Crippen LogP contribution < -0.4 is 4.74 Å². The number of phenolic OH excluding ortho intramolecular Hbond substituents is 2. The number of para-hydroxylation sites is 2. The van der Waals surface area contributed by atoms with E-state index in [9.17, 15) is 10.2 Å². The average molecular weight is 312 g/mol. The molecule has 0 aliphatic carbocycles. The molecule has 2 aromatic carbocycles. The number of methoxy groups -OCH3 is 1. The molecule has 0 heterocycles. The number of ether oxygens (including phenoxy) is 1. The van der Waals surface area contributed by atoms with Crippen LogP contribution in [0, 0.1) is 6.92 Å². The van der Waals surface area contributed by atoms with Crippen molar-refractivity contribution in [2.24, 2.45) is 9.98 Å². The molecule has 0 aliphatic heterocycles. The fourth-order valence-electron chi connectivity index (χ4n) is 2.04. The lowest BCUT2D eigenvalue weighted by Crippen LogP contribution is -1.92. The van der Waals surface area contributed by atoms with Gasteiger partial charge < -0.3 is 14.9 Å². The van der Waals surface area contributed by atoms with E-state index in [1.54, 1.807) is 30.6 Å². The smallest absolute Gasteiger partial charge is 0.166 e. The summed E-state index contributed by atoms with van der Waals surface area (Å²) in [6, 6.07) is 10.8. The number of aryl methyl sites for hydroxylation is 1. The van der Waals surface area contributed by atoms with Gasteiger partial charge >= 0.3 is 0 Å². The summed E-state index contributed by atoms with van der Waals surface area (Å²) in [4.78, 5) is 8.48. The topological polar surface area (TPSA) is 74.4 Å². The minimum Gasteiger partial charge on any atom is -0.507 e. The standard InChI is InChI=1S/C18H20N2O3/c1-13-5-3-6-14(17(13)21)11-19-9-10-20-12-15-7-4-8-16(23-2)18(15)22/h3-8,11-12,21-22H,9-10H2,1-2H3/b19-11+,20-12+. The van der Waals surface area contributed by atoms with Crippen LogP contribution in [0.2, 0.25) is 0 Å². The normalized spacial score (nSPS) is 11.4. The van der Waals surface area contributed by atoms with Crippen LogP contribution in [0.1, 0.15) is 16.7 Å². The molecule has 120 valence electrons. The molecule has 0 unspecified atom stereocenters. The number of phenols is 2. The fourth-order valence-corrected chi connectivity index (χ4v) is 2.04. The Bertz CT molecular complexity index is 724. The van der Waals surface area contributed by atoms with Crippen molar-refractivity contribution in [1.29, 1.82) is 0 Å². The minimum atomic E-state index is 0.0759. The van der Waals surface area contributed by atoms with Gasteiger partial charge in [0.25, 0.3) is 0 Å². The SMILES string of the molecule is COc1cccc(/C=N/CC/N=C/c2cccc(C)c2O)c1O. The predicted octanol–water partition coefficient (Wildman–Crippen LogP) is 2.95. The van der Waals surface area contributed by atoms with E-state index >= 15 is 0 Å². The summed E-state index contributed by atoms with van der Waals surface area (Å²) in [6.07, 6.45) is 3.23. The van der Waals surface area contributed by atoms with Crippen molar-refractivity contribution in [2.45, 2.75) is 6.92 Å². The number of aliphatic imine (C=N–C) groups is 2. The lowest BCUT2D eigenvalue weighted by atomic mass is 10.1. The molecule has 2 N–H and O–H groups in total. The summed E-state index contributed by atoms with van der Waals surface area (Å²) in [7, 11) is 1.51. The Morgan fingerprint density at radius 1 is 0.913 bits per heavy atom. The Morgan fingerprint density at radius 2 is 1.48 bits per heavy atom. The van der Waals surface area contributed by atoms with Crippen LogP contribution in [0.4, 0.5) is 0 Å². The third-order valence-electron chi connectivity index (χ3n) is 3.34. The van der Waals surface area contributed by atoms with Crippen LogP contribution in [-0.2, 0) is 0 Å². The molecule has 0 atom stereocenters. The maximum absolute atomic E-state index is 9.92. The number of rotatable bonds is 6. The van der Waals surface area contributed by atoms with Crippen molar-refractivity contribution in [3.05, 3.63) is 53.1 Å². The molecule has 2 rings (SSSR count). The highest BCUT2D eigenvalue weighted by atomic mass is 16.5. The number of nitrogens with zero attached hydrogens (tertiary/aromatic N) is 2. The van der Waals surface area contributed by atoms with Crippen molar-refractivity contribution < 1.29 is 14.9 Å². The molecule has 0 saturated carbocycles. The zero-order valence-corrected chi connectivity index (χ0v) is 13.2. The zero-order valence-electron chi connectivity index (χ0n) is 13.2. The molecule has 0 saturated heterocycles. The second-order valence-electron chi connectivity index (χ2n) is 4.98. The second kappa shape index (κ2) is 7.98. The number of hydrogen-bond acceptors (Lipinski definition) is 5. The van der Waals surface area contributed by atoms with Gasteiger partial charge in [-0.1, -0.05) is 18.2 Å². The van der Waals surface area contributed by atoms with E-state index in [-0.39, 0.29) is 11.5 Å². The van der Waals surface area contributed by atoms with Crippen molar-refractivity contribution in [3.8, 4) is 17.2 Å². The Labute approximate surface area is 135 Å². The first-order valence-corrected chi connectivity index (χ1v) is 7.27. The Hall–Kier alpha value is -2.82. The van der Waals surface area contributed by atoms with Gasteiger partial charge in [0.1, 0.15) is 5.75 Å². The Morgan fingerprint density at radius 3 is 2.09 bits per heavy atom. The maximum Gasteiger partial charge on any atom is 0.166 e. The number of benzene rings is 2. The van der Waals surface area contributed by atoms with Crippen molar-refractivity contribution in [2.75, 3.05) is 20.2 Å². The van der Waals surface area contributed by atoms with Crippen molar-refractivity contribution in [3.63, 3.8) is 0 Å². The van der Waals surface area contributed by atoms with Gasteiger partial charge in [0, 0.05) is 23.6 Å². The van der Waals surface area contributed by atoms with Gasteiger partial charge in [-0.05, 0) is 30.7 Å². The third kappa shape index (κ3) is 4.32. The van der Waals surface area contributed by atoms with Crippen LogP contribution in [0.25, 0.3) is 0 Å². The van der Waals surface area contributed by atoms with Crippen LogP contribution in [0.15, 0.2) is 46.4 Å². The molecular weight excluding hydrogens is 292 g/mol. The molecule has 0 bridgehead atoms. The summed E-state index contributed by atoms with van der Waals surface area (Å²) in [5.41, 5.74) is 2.12. The third-order valence-corrected chi connectivity index (χ3v) is 3.34. The summed E-state index contributed by atoms with van der Waals surface area (Å²) in [5, 5.41) is 19.8. The van der Waals surface area contributed by atoms with Gasteiger partial charge in [-0.2, -0.15) is 0 Å². The molecule has 0 aliphatic rings. The fraction of sp³-hybridized carbons (Fsp3) is 0.222. The lowest BCUT2D eigenvalue weighted by Gasteiger charge is -2.04. The minimum absolute atomic E-state index is 0.0759. The van der Waals surface area contributed by atoms with Gasteiger partial charge in [-0.15, -0.1) is 0 Å². The van der Waals surface area contributed by atoms with E-state index in [1.165, 1.54) is 7.11 Å². The molecule has 0 amide bonds. The zero-order chi connectivity index (χ0) is 16.7. The van der Waals surface area contributed by atoms with Crippen LogP contribution >= 0.6 is 0 Å². The average Bonchev–Trinajstić information content (AvgIpc) is 2.56. The molecule has 0 spiro atoms. The predicted molar refractivity (Wildman–Crippen MR) is 92.4 cm³/mol. The van der Waals surface area contributed by atoms with Gasteiger partial charge in [0.2, 0.25) is 0 Å². The second-order valence-corrected chi connectivity index (χ2v) is 4.98. The van der Waals surface area contributed by atoms with Gasteiger partial charge in [0.05, 0.1) is 20.2 Å². The van der Waals surface area contributed by atoms with Gasteiger partial charge in [-0.25, -0.2) is 0 Å². The van der Waals surface area contributed by atoms with Gasteiger partial charge in [0.15, 0.2) is 11.5 Å². The van der Waals surface area contributed by atoms with Crippen LogP contribution in [0.3, 0.4) is 0 Å². The van der Waals surface area contributed by atoms with Crippen LogP contribution in [0.5, 0.6) is 17.2 Å². The van der Waals surface area contributed by atoms with Crippen molar-refractivity contribution in [1.82, 2.24) is 0 Å². The van der Waals surface area contributed by atoms with Crippen molar-refractivity contribution >= 4 is 12.4 Å². The number of hydrogen-bond donors (Lipinski definition) is 2. The molecule has 0 fully saturated rings. The summed E-state index contributed by atoms with van der Waals surface area (Å²) in [5.74, 6) is 0.745. The molecule has 5 heteroatoms. The monoisotopic (exact) mass is 312 g/mol. The first-order chi connectivity index (χ1) is 11.1. The highest BCUT2D eigenvalue weighted by molar-refractivity contribution is 5.85. The lowest BCUT2D eigenvalue weighted by molar-refractivity contribution is 0.373. The van der Waals surface area contributed by atoms with E-state index in [4.69, 9.17) is 4.74 Å². The molecule has 0 radical (unpaired) electrons. The molecule has 23 heavy (non-hydrogen) atoms. The van der Waals surface area contributed by atoms with Crippen LogP contribution in [-0.4, -0.2) is 42.8 Å².